The van der Waals surface area contributed by atoms with Gasteiger partial charge in [0.25, 0.3) is 0 Å². The van der Waals surface area contributed by atoms with Crippen molar-refractivity contribution in [3.8, 4) is 5.75 Å². The van der Waals surface area contributed by atoms with E-state index in [0.29, 0.717) is 11.7 Å². The molecule has 1 aliphatic carbocycles. The number of halogens is 1. The van der Waals surface area contributed by atoms with Crippen molar-refractivity contribution in [3.63, 3.8) is 0 Å². The van der Waals surface area contributed by atoms with Gasteiger partial charge in [0.1, 0.15) is 5.75 Å². The Morgan fingerprint density at radius 2 is 2.17 bits per heavy atom. The van der Waals surface area contributed by atoms with E-state index in [1.807, 2.05) is 35.7 Å². The summed E-state index contributed by atoms with van der Waals surface area (Å²) in [5.41, 5.74) is 0.677. The van der Waals surface area contributed by atoms with Crippen LogP contribution in [0.2, 0.25) is 0 Å². The van der Waals surface area contributed by atoms with Gasteiger partial charge in [0, 0.05) is 10.0 Å². The van der Waals surface area contributed by atoms with Gasteiger partial charge in [0.2, 0.25) is 5.78 Å². The third kappa shape index (κ3) is 2.49. The molecule has 92 valence electrons. The molecule has 0 bridgehead atoms. The highest BCUT2D eigenvalue weighted by Crippen LogP contribution is 2.29. The van der Waals surface area contributed by atoms with Crippen LogP contribution >= 0.6 is 27.3 Å². The number of hydrogen-bond acceptors (Lipinski definition) is 3. The zero-order valence-corrected chi connectivity index (χ0v) is 12.0. The Morgan fingerprint density at radius 3 is 2.83 bits per heavy atom. The minimum Gasteiger partial charge on any atom is -0.490 e. The summed E-state index contributed by atoms with van der Waals surface area (Å²) in [6.07, 6.45) is 2.59. The first kappa shape index (κ1) is 11.9. The van der Waals surface area contributed by atoms with Gasteiger partial charge in [0.15, 0.2) is 0 Å². The maximum absolute atomic E-state index is 12.3. The topological polar surface area (TPSA) is 26.3 Å². The van der Waals surface area contributed by atoms with Crippen LogP contribution in [0.4, 0.5) is 0 Å². The van der Waals surface area contributed by atoms with E-state index in [2.05, 4.69) is 15.9 Å². The van der Waals surface area contributed by atoms with E-state index in [9.17, 15) is 4.79 Å². The molecule has 0 atom stereocenters. The quantitative estimate of drug-likeness (QED) is 0.785. The number of benzene rings is 1. The van der Waals surface area contributed by atoms with Crippen LogP contribution in [0.25, 0.3) is 0 Å². The summed E-state index contributed by atoms with van der Waals surface area (Å²) in [7, 11) is 0. The third-order valence-electron chi connectivity index (χ3n) is 2.75. The second-order valence-corrected chi connectivity index (χ2v) is 6.04. The molecule has 0 radical (unpaired) electrons. The smallest absolute Gasteiger partial charge is 0.204 e. The zero-order valence-electron chi connectivity index (χ0n) is 9.56. The minimum absolute atomic E-state index is 0.0399. The molecular weight excluding hydrogens is 312 g/mol. The molecule has 2 nitrogen and oxygen atoms in total. The number of ether oxygens (including phenoxy) is 1. The molecular formula is C14H11BrO2S. The molecule has 0 aliphatic heterocycles. The fraction of sp³-hybridized carbons (Fsp3) is 0.214. The highest BCUT2D eigenvalue weighted by molar-refractivity contribution is 9.10. The lowest BCUT2D eigenvalue weighted by Crippen LogP contribution is -2.01. The standard InChI is InChI=1S/C14H11BrO2S/c15-12-6-7-18-14(12)13(16)9-2-1-3-11(8-9)17-10-4-5-10/h1-3,6-8,10H,4-5H2. The molecule has 4 heteroatoms. The van der Waals surface area contributed by atoms with Crippen molar-refractivity contribution < 1.29 is 9.53 Å². The Hall–Kier alpha value is -1.13. The van der Waals surface area contributed by atoms with Gasteiger partial charge in [-0.2, -0.15) is 0 Å². The van der Waals surface area contributed by atoms with Crippen LogP contribution in [-0.2, 0) is 0 Å². The average molecular weight is 323 g/mol. The predicted octanol–water partition coefficient (Wildman–Crippen LogP) is 4.28. The summed E-state index contributed by atoms with van der Waals surface area (Å²) in [6.45, 7) is 0. The maximum atomic E-state index is 12.3. The van der Waals surface area contributed by atoms with Crippen LogP contribution in [0.5, 0.6) is 5.75 Å². The molecule has 3 rings (SSSR count). The molecule has 1 heterocycles. The van der Waals surface area contributed by atoms with Gasteiger partial charge in [-0.1, -0.05) is 12.1 Å². The van der Waals surface area contributed by atoms with Crippen molar-refractivity contribution in [2.75, 3.05) is 0 Å². The predicted molar refractivity (Wildman–Crippen MR) is 75.5 cm³/mol. The van der Waals surface area contributed by atoms with Crippen LogP contribution in [-0.4, -0.2) is 11.9 Å². The van der Waals surface area contributed by atoms with Crippen molar-refractivity contribution in [3.05, 3.63) is 50.6 Å². The average Bonchev–Trinajstić information content (AvgIpc) is 3.08. The summed E-state index contributed by atoms with van der Waals surface area (Å²) in [4.78, 5) is 13.0. The number of carbonyl (C=O) groups excluding carboxylic acids is 1. The van der Waals surface area contributed by atoms with Gasteiger partial charge in [-0.25, -0.2) is 0 Å². The second-order valence-electron chi connectivity index (χ2n) is 4.27. The van der Waals surface area contributed by atoms with Crippen molar-refractivity contribution in [2.24, 2.45) is 0 Å². The lowest BCUT2D eigenvalue weighted by Gasteiger charge is -2.06. The highest BCUT2D eigenvalue weighted by atomic mass is 79.9. The Kier molecular flexibility index (Phi) is 3.22. The molecule has 1 aromatic heterocycles. The summed E-state index contributed by atoms with van der Waals surface area (Å²) < 4.78 is 6.56. The first-order chi connectivity index (χ1) is 8.74. The van der Waals surface area contributed by atoms with Crippen molar-refractivity contribution in [1.29, 1.82) is 0 Å². The van der Waals surface area contributed by atoms with E-state index in [1.54, 1.807) is 0 Å². The molecule has 0 N–H and O–H groups in total. The highest BCUT2D eigenvalue weighted by Gasteiger charge is 2.24. The van der Waals surface area contributed by atoms with Gasteiger partial charge in [-0.15, -0.1) is 11.3 Å². The minimum atomic E-state index is 0.0399. The first-order valence-electron chi connectivity index (χ1n) is 5.78. The molecule has 0 unspecified atom stereocenters. The molecule has 0 saturated heterocycles. The van der Waals surface area contributed by atoms with Gasteiger partial charge >= 0.3 is 0 Å². The largest absolute Gasteiger partial charge is 0.490 e. The number of hydrogen-bond donors (Lipinski definition) is 0. The fourth-order valence-electron chi connectivity index (χ4n) is 1.68. The van der Waals surface area contributed by atoms with E-state index in [0.717, 1.165) is 27.9 Å². The van der Waals surface area contributed by atoms with E-state index in [-0.39, 0.29) is 5.78 Å². The van der Waals surface area contributed by atoms with Gasteiger partial charge in [0.05, 0.1) is 11.0 Å². The van der Waals surface area contributed by atoms with Crippen LogP contribution in [0.15, 0.2) is 40.2 Å². The first-order valence-corrected chi connectivity index (χ1v) is 7.46. The molecule has 1 aromatic carbocycles. The lowest BCUT2D eigenvalue weighted by atomic mass is 10.1. The van der Waals surface area contributed by atoms with Gasteiger partial charge in [-0.3, -0.25) is 4.79 Å². The van der Waals surface area contributed by atoms with E-state index >= 15 is 0 Å². The zero-order chi connectivity index (χ0) is 12.5. The van der Waals surface area contributed by atoms with Crippen molar-refractivity contribution >= 4 is 33.0 Å². The van der Waals surface area contributed by atoms with Crippen LogP contribution in [0, 0.1) is 0 Å². The van der Waals surface area contributed by atoms with E-state index in [4.69, 9.17) is 4.74 Å². The SMILES string of the molecule is O=C(c1cccc(OC2CC2)c1)c1sccc1Br. The van der Waals surface area contributed by atoms with Crippen LogP contribution in [0.3, 0.4) is 0 Å². The Labute approximate surface area is 118 Å². The number of rotatable bonds is 4. The van der Waals surface area contributed by atoms with Gasteiger partial charge < -0.3 is 4.74 Å². The number of thiophene rings is 1. The summed E-state index contributed by atoms with van der Waals surface area (Å²) in [6, 6.07) is 9.31. The Morgan fingerprint density at radius 1 is 1.33 bits per heavy atom. The second kappa shape index (κ2) is 4.86. The Balaban J connectivity index is 1.87. The lowest BCUT2D eigenvalue weighted by molar-refractivity contribution is 0.104. The van der Waals surface area contributed by atoms with E-state index in [1.165, 1.54) is 11.3 Å². The van der Waals surface area contributed by atoms with E-state index < -0.39 is 0 Å². The normalized spacial score (nSPS) is 14.5. The molecule has 1 aliphatic rings. The fourth-order valence-corrected chi connectivity index (χ4v) is 3.19. The van der Waals surface area contributed by atoms with Crippen molar-refractivity contribution in [1.82, 2.24) is 0 Å². The molecule has 0 spiro atoms. The summed E-state index contributed by atoms with van der Waals surface area (Å²) >= 11 is 4.84. The third-order valence-corrected chi connectivity index (χ3v) is 4.58. The molecule has 2 aromatic rings. The van der Waals surface area contributed by atoms with Gasteiger partial charge in [-0.05, 0) is 52.4 Å². The van der Waals surface area contributed by atoms with Crippen LogP contribution < -0.4 is 4.74 Å². The number of ketones is 1. The van der Waals surface area contributed by atoms with Crippen LogP contribution in [0.1, 0.15) is 28.1 Å². The summed E-state index contributed by atoms with van der Waals surface area (Å²) in [5.74, 6) is 0.828. The molecule has 18 heavy (non-hydrogen) atoms. The van der Waals surface area contributed by atoms with Crippen molar-refractivity contribution in [2.45, 2.75) is 18.9 Å². The molecule has 0 amide bonds. The molecule has 1 fully saturated rings. The maximum Gasteiger partial charge on any atom is 0.204 e. The number of carbonyl (C=O) groups is 1. The summed E-state index contributed by atoms with van der Waals surface area (Å²) in [5, 5.41) is 1.90. The monoisotopic (exact) mass is 322 g/mol. The molecule has 1 saturated carbocycles. The Bertz CT molecular complexity index is 587.